The highest BCUT2D eigenvalue weighted by Crippen LogP contribution is 2.63. The normalized spacial score (nSPS) is 33.2. The molecule has 24 heavy (non-hydrogen) atoms. The standard InChI is InChI=1S/C22H20O2/c1-13-7-8-16-17-10-9-15(14-5-3-2-4-6-14)18-12-20(23)22(24,21(17)18)19(16)11-13/h2-9,11,17-18,21,24H,10,12H2,1H3. The Kier molecular flexibility index (Phi) is 2.76. The quantitative estimate of drug-likeness (QED) is 0.864. The van der Waals surface area contributed by atoms with Gasteiger partial charge in [0.05, 0.1) is 0 Å². The molecule has 0 amide bonds. The first kappa shape index (κ1) is 14.2. The molecule has 3 aliphatic rings. The molecule has 120 valence electrons. The van der Waals surface area contributed by atoms with Crippen LogP contribution in [0.25, 0.3) is 5.57 Å². The van der Waals surface area contributed by atoms with E-state index < -0.39 is 5.60 Å². The van der Waals surface area contributed by atoms with E-state index in [2.05, 4.69) is 30.3 Å². The third-order valence-electron chi connectivity index (χ3n) is 6.30. The van der Waals surface area contributed by atoms with Crippen LogP contribution in [0, 0.1) is 18.8 Å². The van der Waals surface area contributed by atoms with Crippen LogP contribution in [0.4, 0.5) is 0 Å². The fourth-order valence-corrected chi connectivity index (χ4v) is 5.32. The first-order chi connectivity index (χ1) is 11.6. The van der Waals surface area contributed by atoms with Gasteiger partial charge in [0.2, 0.25) is 0 Å². The van der Waals surface area contributed by atoms with Gasteiger partial charge in [-0.3, -0.25) is 4.79 Å². The van der Waals surface area contributed by atoms with Crippen molar-refractivity contribution in [3.8, 4) is 0 Å². The Morgan fingerprint density at radius 2 is 1.88 bits per heavy atom. The molecular formula is C22H20O2. The van der Waals surface area contributed by atoms with E-state index in [-0.39, 0.29) is 23.5 Å². The van der Waals surface area contributed by atoms with E-state index in [0.29, 0.717) is 6.42 Å². The molecule has 1 fully saturated rings. The maximum atomic E-state index is 12.9. The average Bonchev–Trinajstić information content (AvgIpc) is 3.02. The van der Waals surface area contributed by atoms with Gasteiger partial charge >= 0.3 is 0 Å². The Bertz CT molecular complexity index is 880. The number of hydrogen-bond donors (Lipinski definition) is 1. The number of carbonyl (C=O) groups excluding carboxylic acids is 1. The number of aryl methyl sites for hydroxylation is 1. The fourth-order valence-electron chi connectivity index (χ4n) is 5.32. The number of ketones is 1. The highest BCUT2D eigenvalue weighted by Gasteiger charge is 2.64. The lowest BCUT2D eigenvalue weighted by molar-refractivity contribution is -0.137. The van der Waals surface area contributed by atoms with Gasteiger partial charge in [0.1, 0.15) is 0 Å². The number of hydrogen-bond acceptors (Lipinski definition) is 2. The van der Waals surface area contributed by atoms with E-state index in [9.17, 15) is 9.90 Å². The summed E-state index contributed by atoms with van der Waals surface area (Å²) in [6.07, 6.45) is 3.65. The van der Waals surface area contributed by atoms with Gasteiger partial charge in [-0.1, -0.05) is 60.2 Å². The zero-order valence-corrected chi connectivity index (χ0v) is 13.7. The van der Waals surface area contributed by atoms with E-state index in [0.717, 1.165) is 17.5 Å². The number of rotatable bonds is 1. The van der Waals surface area contributed by atoms with Crippen molar-refractivity contribution in [2.24, 2.45) is 11.8 Å². The molecule has 2 nitrogen and oxygen atoms in total. The van der Waals surface area contributed by atoms with Crippen LogP contribution < -0.4 is 0 Å². The van der Waals surface area contributed by atoms with Gasteiger partial charge in [-0.15, -0.1) is 0 Å². The van der Waals surface area contributed by atoms with Gasteiger partial charge in [-0.25, -0.2) is 0 Å². The van der Waals surface area contributed by atoms with E-state index in [4.69, 9.17) is 0 Å². The third-order valence-corrected chi connectivity index (χ3v) is 6.30. The Labute approximate surface area is 141 Å². The van der Waals surface area contributed by atoms with Crippen LogP contribution in [-0.2, 0) is 10.4 Å². The van der Waals surface area contributed by atoms with Crippen molar-refractivity contribution < 1.29 is 9.90 Å². The molecule has 1 saturated carbocycles. The monoisotopic (exact) mass is 316 g/mol. The van der Waals surface area contributed by atoms with Crippen molar-refractivity contribution in [2.45, 2.75) is 31.3 Å². The Hall–Kier alpha value is -2.19. The van der Waals surface area contributed by atoms with Crippen LogP contribution in [0.5, 0.6) is 0 Å². The number of benzene rings is 2. The van der Waals surface area contributed by atoms with Gasteiger partial charge in [-0.2, -0.15) is 0 Å². The third kappa shape index (κ3) is 1.62. The molecule has 0 bridgehead atoms. The van der Waals surface area contributed by atoms with Crippen LogP contribution in [0.1, 0.15) is 41.0 Å². The van der Waals surface area contributed by atoms with Gasteiger partial charge in [-0.05, 0) is 47.4 Å². The van der Waals surface area contributed by atoms with Gasteiger partial charge in [0.15, 0.2) is 11.4 Å². The first-order valence-electron chi connectivity index (χ1n) is 8.73. The minimum absolute atomic E-state index is 0.00409. The number of Topliss-reactive ketones (excluding diaryl/α,β-unsaturated/α-hetero) is 1. The van der Waals surface area contributed by atoms with Crippen LogP contribution in [-0.4, -0.2) is 10.9 Å². The van der Waals surface area contributed by atoms with E-state index >= 15 is 0 Å². The lowest BCUT2D eigenvalue weighted by Crippen LogP contribution is -2.36. The summed E-state index contributed by atoms with van der Waals surface area (Å²) in [6.45, 7) is 2.02. The molecule has 0 heterocycles. The molecular weight excluding hydrogens is 296 g/mol. The minimum atomic E-state index is -1.29. The molecule has 4 unspecified atom stereocenters. The van der Waals surface area contributed by atoms with E-state index in [1.54, 1.807) is 0 Å². The number of fused-ring (bicyclic) bond motifs is 3. The Morgan fingerprint density at radius 3 is 2.67 bits per heavy atom. The van der Waals surface area contributed by atoms with Crippen LogP contribution in [0.3, 0.4) is 0 Å². The molecule has 0 aromatic heterocycles. The summed E-state index contributed by atoms with van der Waals surface area (Å²) in [6, 6.07) is 16.6. The van der Waals surface area contributed by atoms with Crippen LogP contribution in [0.2, 0.25) is 0 Å². The largest absolute Gasteiger partial charge is 0.377 e. The van der Waals surface area contributed by atoms with Crippen molar-refractivity contribution in [3.63, 3.8) is 0 Å². The summed E-state index contributed by atoms with van der Waals surface area (Å²) in [7, 11) is 0. The minimum Gasteiger partial charge on any atom is -0.377 e. The highest BCUT2D eigenvalue weighted by molar-refractivity contribution is 5.96. The van der Waals surface area contributed by atoms with Crippen molar-refractivity contribution in [2.75, 3.05) is 0 Å². The number of carbonyl (C=O) groups is 1. The van der Waals surface area contributed by atoms with Gasteiger partial charge in [0, 0.05) is 12.3 Å². The molecule has 0 saturated heterocycles. The lowest BCUT2D eigenvalue weighted by Gasteiger charge is -2.34. The predicted molar refractivity (Wildman–Crippen MR) is 93.5 cm³/mol. The molecule has 0 radical (unpaired) electrons. The number of allylic oxidation sites excluding steroid dienone is 2. The molecule has 1 N–H and O–H groups in total. The molecule has 2 aromatic carbocycles. The second kappa shape index (κ2) is 4.67. The molecule has 2 aromatic rings. The summed E-state index contributed by atoms with van der Waals surface area (Å²) >= 11 is 0. The summed E-state index contributed by atoms with van der Waals surface area (Å²) < 4.78 is 0. The maximum Gasteiger partial charge on any atom is 0.169 e. The summed E-state index contributed by atoms with van der Waals surface area (Å²) in [4.78, 5) is 12.9. The molecule has 2 heteroatoms. The van der Waals surface area contributed by atoms with Crippen molar-refractivity contribution in [1.29, 1.82) is 0 Å². The second-order valence-corrected chi connectivity index (χ2v) is 7.48. The maximum absolute atomic E-state index is 12.9. The molecule has 4 atom stereocenters. The fraction of sp³-hybridized carbons (Fsp3) is 0.318. The average molecular weight is 316 g/mol. The molecule has 0 aliphatic heterocycles. The molecule has 0 spiro atoms. The van der Waals surface area contributed by atoms with E-state index in [1.807, 2.05) is 31.2 Å². The SMILES string of the molecule is Cc1ccc2c(c1)C1(O)C(=O)CC3C(c4ccccc4)=CCC2C31. The number of aliphatic hydroxyl groups is 1. The summed E-state index contributed by atoms with van der Waals surface area (Å²) in [5.74, 6) is 0.364. The first-order valence-corrected chi connectivity index (χ1v) is 8.73. The van der Waals surface area contributed by atoms with Gasteiger partial charge in [0.25, 0.3) is 0 Å². The predicted octanol–water partition coefficient (Wildman–Crippen LogP) is 3.97. The smallest absolute Gasteiger partial charge is 0.169 e. The molecule has 5 rings (SSSR count). The van der Waals surface area contributed by atoms with Crippen LogP contribution in [0.15, 0.2) is 54.6 Å². The summed E-state index contributed by atoms with van der Waals surface area (Å²) in [5, 5.41) is 11.5. The lowest BCUT2D eigenvalue weighted by atomic mass is 9.70. The second-order valence-electron chi connectivity index (χ2n) is 7.48. The van der Waals surface area contributed by atoms with Gasteiger partial charge < -0.3 is 5.11 Å². The topological polar surface area (TPSA) is 37.3 Å². The Balaban J connectivity index is 1.69. The summed E-state index contributed by atoms with van der Waals surface area (Å²) in [5.41, 5.74) is 4.29. The van der Waals surface area contributed by atoms with Crippen molar-refractivity contribution >= 4 is 11.4 Å². The molecule has 3 aliphatic carbocycles. The zero-order valence-electron chi connectivity index (χ0n) is 13.7. The van der Waals surface area contributed by atoms with E-state index in [1.165, 1.54) is 16.7 Å². The zero-order chi connectivity index (χ0) is 16.5. The van der Waals surface area contributed by atoms with Crippen molar-refractivity contribution in [3.05, 3.63) is 76.9 Å². The highest BCUT2D eigenvalue weighted by atomic mass is 16.3. The van der Waals surface area contributed by atoms with Crippen molar-refractivity contribution in [1.82, 2.24) is 0 Å². The Morgan fingerprint density at radius 1 is 1.08 bits per heavy atom. The van der Waals surface area contributed by atoms with Crippen LogP contribution >= 0.6 is 0 Å².